The Labute approximate surface area is 127 Å². The van der Waals surface area contributed by atoms with Crippen LogP contribution in [0.3, 0.4) is 0 Å². The number of amides is 2. The molecule has 0 aromatic heterocycles. The average Bonchev–Trinajstić information content (AvgIpc) is 2.73. The smallest absolute Gasteiger partial charge is 0.266 e. The Hall–Kier alpha value is -2.51. The second kappa shape index (κ2) is 5.36. The third-order valence-electron chi connectivity index (χ3n) is 3.13. The number of hydroxylamine groups is 2. The van der Waals surface area contributed by atoms with Crippen LogP contribution in [0.25, 0.3) is 0 Å². The highest BCUT2D eigenvalue weighted by Gasteiger charge is 2.39. The van der Waals surface area contributed by atoms with Gasteiger partial charge in [-0.1, -0.05) is 42.5 Å². The van der Waals surface area contributed by atoms with E-state index < -0.39 is 27.7 Å². The molecule has 1 heterocycles. The molecule has 0 aliphatic carbocycles. The summed E-state index contributed by atoms with van der Waals surface area (Å²) in [5, 5.41) is 0.295. The van der Waals surface area contributed by atoms with Crippen molar-refractivity contribution < 1.29 is 22.3 Å². The summed E-state index contributed by atoms with van der Waals surface area (Å²) in [6.45, 7) is 0. The van der Waals surface area contributed by atoms with Crippen LogP contribution < -0.4 is 0 Å². The summed E-state index contributed by atoms with van der Waals surface area (Å²) in [5.74, 6) is -1.99. The predicted molar refractivity (Wildman–Crippen MR) is 77.1 cm³/mol. The predicted octanol–water partition coefficient (Wildman–Crippen LogP) is 1.74. The average molecular weight is 317 g/mol. The first kappa shape index (κ1) is 14.4. The molecule has 1 aliphatic rings. The molecule has 22 heavy (non-hydrogen) atoms. The number of imide groups is 1. The number of carbonyl (C=O) groups is 2. The molecule has 6 nitrogen and oxygen atoms in total. The molecule has 0 bridgehead atoms. The minimum atomic E-state index is -4.12. The molecule has 0 fully saturated rings. The molecule has 0 N–H and O–H groups in total. The van der Waals surface area contributed by atoms with Crippen molar-refractivity contribution in [3.8, 4) is 0 Å². The van der Waals surface area contributed by atoms with Gasteiger partial charge in [0.2, 0.25) is 0 Å². The van der Waals surface area contributed by atoms with Crippen LogP contribution in [0.4, 0.5) is 0 Å². The molecule has 0 radical (unpaired) electrons. The summed E-state index contributed by atoms with van der Waals surface area (Å²) in [7, 11) is -4.12. The summed E-state index contributed by atoms with van der Waals surface area (Å²) in [6, 6.07) is 14.4. The molecule has 1 aliphatic heterocycles. The Morgan fingerprint density at radius 2 is 1.32 bits per heavy atom. The number of nitrogens with zero attached hydrogens (tertiary/aromatic N) is 1. The Bertz CT molecular complexity index is 810. The lowest BCUT2D eigenvalue weighted by Crippen LogP contribution is -2.33. The van der Waals surface area contributed by atoms with E-state index in [2.05, 4.69) is 0 Å². The van der Waals surface area contributed by atoms with Crippen LogP contribution in [-0.2, 0) is 20.2 Å². The molecule has 2 amide bonds. The number of carbonyl (C=O) groups excluding carboxylic acids is 2. The minimum Gasteiger partial charge on any atom is -0.266 e. The molecule has 112 valence electrons. The van der Waals surface area contributed by atoms with Crippen molar-refractivity contribution in [1.29, 1.82) is 0 Å². The molecule has 2 aromatic carbocycles. The standard InChI is InChI=1S/C15H11NO5S/c17-14-12-8-4-5-9-13(12)15(18)16(14)21-22(19,20)10-11-6-2-1-3-7-11/h1-9H,10H2. The molecule has 0 unspecified atom stereocenters. The highest BCUT2D eigenvalue weighted by atomic mass is 32.2. The molecule has 0 spiro atoms. The van der Waals surface area contributed by atoms with Crippen LogP contribution in [0.15, 0.2) is 54.6 Å². The van der Waals surface area contributed by atoms with Crippen molar-refractivity contribution in [3.05, 3.63) is 71.3 Å². The summed E-state index contributed by atoms with van der Waals surface area (Å²) < 4.78 is 28.8. The quantitative estimate of drug-likeness (QED) is 0.802. The van der Waals surface area contributed by atoms with Gasteiger partial charge in [-0.25, -0.2) is 0 Å². The maximum Gasteiger partial charge on any atom is 0.292 e. The molecular formula is C15H11NO5S. The van der Waals surface area contributed by atoms with Crippen LogP contribution in [0, 0.1) is 0 Å². The van der Waals surface area contributed by atoms with Gasteiger partial charge in [0.15, 0.2) is 0 Å². The Morgan fingerprint density at radius 1 is 0.818 bits per heavy atom. The topological polar surface area (TPSA) is 80.8 Å². The van der Waals surface area contributed by atoms with Crippen LogP contribution in [0.5, 0.6) is 0 Å². The summed E-state index contributed by atoms with van der Waals surface area (Å²) in [5.41, 5.74) is 0.754. The van der Waals surface area contributed by atoms with E-state index in [1.165, 1.54) is 12.1 Å². The highest BCUT2D eigenvalue weighted by molar-refractivity contribution is 7.85. The van der Waals surface area contributed by atoms with Gasteiger partial charge in [-0.15, -0.1) is 9.35 Å². The second-order valence-corrected chi connectivity index (χ2v) is 6.27. The SMILES string of the molecule is O=C1c2ccccc2C(=O)N1OS(=O)(=O)Cc1ccccc1. The number of rotatable bonds is 4. The molecule has 0 saturated heterocycles. The first-order valence-electron chi connectivity index (χ1n) is 6.42. The molecule has 7 heteroatoms. The Kier molecular flexibility index (Phi) is 3.51. The number of benzene rings is 2. The van der Waals surface area contributed by atoms with Gasteiger partial charge < -0.3 is 0 Å². The van der Waals surface area contributed by atoms with Crippen LogP contribution in [0.2, 0.25) is 0 Å². The van der Waals surface area contributed by atoms with Crippen LogP contribution in [-0.4, -0.2) is 25.3 Å². The van der Waals surface area contributed by atoms with E-state index >= 15 is 0 Å². The molecule has 2 aromatic rings. The van der Waals surface area contributed by atoms with Gasteiger partial charge in [0.1, 0.15) is 5.75 Å². The van der Waals surface area contributed by atoms with E-state index in [0.717, 1.165) is 0 Å². The summed E-state index contributed by atoms with van der Waals surface area (Å²) in [4.78, 5) is 24.1. The zero-order valence-corrected chi connectivity index (χ0v) is 12.1. The van der Waals surface area contributed by atoms with Gasteiger partial charge in [0, 0.05) is 0 Å². The van der Waals surface area contributed by atoms with Crippen molar-refractivity contribution >= 4 is 21.9 Å². The monoisotopic (exact) mass is 317 g/mol. The zero-order chi connectivity index (χ0) is 15.7. The second-order valence-electron chi connectivity index (χ2n) is 4.71. The molecular weight excluding hydrogens is 306 g/mol. The largest absolute Gasteiger partial charge is 0.292 e. The molecule has 0 saturated carbocycles. The van der Waals surface area contributed by atoms with E-state index in [9.17, 15) is 18.0 Å². The van der Waals surface area contributed by atoms with E-state index in [-0.39, 0.29) is 11.1 Å². The van der Waals surface area contributed by atoms with E-state index in [1.807, 2.05) is 0 Å². The lowest BCUT2D eigenvalue weighted by molar-refractivity contribution is -0.0105. The fraction of sp³-hybridized carbons (Fsp3) is 0.0667. The van der Waals surface area contributed by atoms with Crippen LogP contribution >= 0.6 is 0 Å². The lowest BCUT2D eigenvalue weighted by Gasteiger charge is -2.12. The summed E-state index contributed by atoms with van der Waals surface area (Å²) in [6.07, 6.45) is 0. The van der Waals surface area contributed by atoms with Gasteiger partial charge in [0.25, 0.3) is 21.9 Å². The first-order chi connectivity index (χ1) is 10.5. The Balaban J connectivity index is 1.82. The van der Waals surface area contributed by atoms with Crippen LogP contribution in [0.1, 0.15) is 26.3 Å². The third-order valence-corrected chi connectivity index (χ3v) is 4.19. The van der Waals surface area contributed by atoms with Gasteiger partial charge in [-0.05, 0) is 17.7 Å². The van der Waals surface area contributed by atoms with Crippen molar-refractivity contribution in [3.63, 3.8) is 0 Å². The fourth-order valence-electron chi connectivity index (χ4n) is 2.15. The number of hydrogen-bond acceptors (Lipinski definition) is 5. The van der Waals surface area contributed by atoms with Crippen molar-refractivity contribution in [1.82, 2.24) is 5.06 Å². The lowest BCUT2D eigenvalue weighted by atomic mass is 10.1. The van der Waals surface area contributed by atoms with Crippen molar-refractivity contribution in [2.24, 2.45) is 0 Å². The molecule has 0 atom stereocenters. The van der Waals surface area contributed by atoms with Gasteiger partial charge >= 0.3 is 0 Å². The zero-order valence-electron chi connectivity index (χ0n) is 11.3. The van der Waals surface area contributed by atoms with Crippen molar-refractivity contribution in [2.45, 2.75) is 5.75 Å². The van der Waals surface area contributed by atoms with Crippen molar-refractivity contribution in [2.75, 3.05) is 0 Å². The third kappa shape index (κ3) is 2.63. The first-order valence-corrected chi connectivity index (χ1v) is 8.00. The normalized spacial score (nSPS) is 14.3. The van der Waals surface area contributed by atoms with E-state index in [4.69, 9.17) is 4.28 Å². The van der Waals surface area contributed by atoms with Gasteiger partial charge in [-0.3, -0.25) is 9.59 Å². The van der Waals surface area contributed by atoms with E-state index in [0.29, 0.717) is 10.6 Å². The molecule has 3 rings (SSSR count). The highest BCUT2D eigenvalue weighted by Crippen LogP contribution is 2.24. The van der Waals surface area contributed by atoms with Gasteiger partial charge in [-0.2, -0.15) is 8.42 Å². The van der Waals surface area contributed by atoms with E-state index in [1.54, 1.807) is 42.5 Å². The fourth-order valence-corrected chi connectivity index (χ4v) is 3.17. The summed E-state index contributed by atoms with van der Waals surface area (Å²) >= 11 is 0. The maximum absolute atomic E-state index is 12.1. The minimum absolute atomic E-state index is 0.127. The Morgan fingerprint density at radius 3 is 1.86 bits per heavy atom. The maximum atomic E-state index is 12.1. The number of hydrogen-bond donors (Lipinski definition) is 0. The van der Waals surface area contributed by atoms with Gasteiger partial charge in [0.05, 0.1) is 11.1 Å². The number of fused-ring (bicyclic) bond motifs is 1.